The predicted octanol–water partition coefficient (Wildman–Crippen LogP) is 2.22. The van der Waals surface area contributed by atoms with E-state index in [9.17, 15) is 4.39 Å². The summed E-state index contributed by atoms with van der Waals surface area (Å²) in [6.45, 7) is 1.90. The number of hydrogen-bond donors (Lipinski definition) is 2. The van der Waals surface area contributed by atoms with Crippen molar-refractivity contribution in [2.45, 2.75) is 25.4 Å². The molecule has 0 heterocycles. The molecule has 1 rings (SSSR count). The summed E-state index contributed by atoms with van der Waals surface area (Å²) in [5.41, 5.74) is 11.8. The summed E-state index contributed by atoms with van der Waals surface area (Å²) in [5, 5.41) is 0.335. The van der Waals surface area contributed by atoms with Gasteiger partial charge in [0.2, 0.25) is 0 Å². The molecule has 4 heteroatoms. The summed E-state index contributed by atoms with van der Waals surface area (Å²) in [5.74, 6) is -0.395. The maximum atomic E-state index is 13.4. The van der Waals surface area contributed by atoms with Crippen LogP contribution in [-0.4, -0.2) is 6.04 Å². The molecule has 0 amide bonds. The Morgan fingerprint density at radius 1 is 1.43 bits per heavy atom. The molecule has 0 aromatic heterocycles. The van der Waals surface area contributed by atoms with Crippen molar-refractivity contribution in [2.75, 3.05) is 0 Å². The quantitative estimate of drug-likeness (QED) is 0.814. The van der Waals surface area contributed by atoms with Crippen molar-refractivity contribution < 1.29 is 4.39 Å². The molecule has 0 saturated heterocycles. The normalized spacial score (nSPS) is 15.2. The van der Waals surface area contributed by atoms with Crippen LogP contribution in [0.25, 0.3) is 0 Å². The Labute approximate surface area is 88.0 Å². The lowest BCUT2D eigenvalue weighted by Crippen LogP contribution is -2.34. The molecule has 0 aliphatic heterocycles. The number of rotatable bonds is 3. The van der Waals surface area contributed by atoms with Crippen LogP contribution in [0, 0.1) is 5.82 Å². The lowest BCUT2D eigenvalue weighted by Gasteiger charge is -2.20. The van der Waals surface area contributed by atoms with Crippen LogP contribution < -0.4 is 11.5 Å². The van der Waals surface area contributed by atoms with Gasteiger partial charge in [-0.15, -0.1) is 0 Å². The molecule has 0 aliphatic rings. The number of hydrogen-bond acceptors (Lipinski definition) is 2. The topological polar surface area (TPSA) is 52.0 Å². The fraction of sp³-hybridized carbons (Fsp3) is 0.400. The molecule has 4 N–H and O–H groups in total. The largest absolute Gasteiger partial charge is 0.326 e. The lowest BCUT2D eigenvalue weighted by molar-refractivity contribution is 0.502. The first kappa shape index (κ1) is 11.4. The molecule has 2 atom stereocenters. The van der Waals surface area contributed by atoms with E-state index < -0.39 is 11.9 Å². The Morgan fingerprint density at radius 3 is 2.57 bits per heavy atom. The number of nitrogens with two attached hydrogens (primary N) is 2. The third-order valence-corrected chi connectivity index (χ3v) is 2.60. The highest BCUT2D eigenvalue weighted by atomic mass is 35.5. The minimum atomic E-state index is -0.548. The van der Waals surface area contributed by atoms with Crippen molar-refractivity contribution >= 4 is 11.6 Å². The van der Waals surface area contributed by atoms with Gasteiger partial charge in [0.05, 0.1) is 0 Å². The van der Waals surface area contributed by atoms with Crippen molar-refractivity contribution in [1.29, 1.82) is 0 Å². The van der Waals surface area contributed by atoms with Gasteiger partial charge >= 0.3 is 0 Å². The minimum Gasteiger partial charge on any atom is -0.326 e. The van der Waals surface area contributed by atoms with Gasteiger partial charge in [0, 0.05) is 22.7 Å². The van der Waals surface area contributed by atoms with Crippen molar-refractivity contribution in [3.63, 3.8) is 0 Å². The van der Waals surface area contributed by atoms with E-state index in [1.807, 2.05) is 6.92 Å². The Morgan fingerprint density at radius 2 is 2.07 bits per heavy atom. The van der Waals surface area contributed by atoms with Gasteiger partial charge in [-0.2, -0.15) is 0 Å². The van der Waals surface area contributed by atoms with Gasteiger partial charge < -0.3 is 11.5 Å². The maximum Gasteiger partial charge on any atom is 0.129 e. The van der Waals surface area contributed by atoms with Crippen LogP contribution in [0.2, 0.25) is 5.02 Å². The summed E-state index contributed by atoms with van der Waals surface area (Å²) in [6.07, 6.45) is 0.686. The van der Waals surface area contributed by atoms with Gasteiger partial charge in [-0.05, 0) is 18.6 Å². The fourth-order valence-electron chi connectivity index (χ4n) is 1.30. The highest BCUT2D eigenvalue weighted by Crippen LogP contribution is 2.26. The van der Waals surface area contributed by atoms with E-state index in [2.05, 4.69) is 0 Å². The third-order valence-electron chi connectivity index (χ3n) is 2.27. The summed E-state index contributed by atoms with van der Waals surface area (Å²) < 4.78 is 13.4. The molecule has 0 radical (unpaired) electrons. The maximum absolute atomic E-state index is 13.4. The van der Waals surface area contributed by atoms with Crippen LogP contribution in [0.1, 0.15) is 24.9 Å². The molecule has 0 saturated carbocycles. The highest BCUT2D eigenvalue weighted by molar-refractivity contribution is 6.31. The predicted molar refractivity (Wildman–Crippen MR) is 56.6 cm³/mol. The minimum absolute atomic E-state index is 0.274. The van der Waals surface area contributed by atoms with E-state index in [0.717, 1.165) is 0 Å². The van der Waals surface area contributed by atoms with Crippen LogP contribution in [0.15, 0.2) is 18.2 Å². The average molecular weight is 217 g/mol. The SMILES string of the molecule is CC[C@H](N)[C@@H](N)c1c(F)cccc1Cl. The Bertz CT molecular complexity index is 297. The fourth-order valence-corrected chi connectivity index (χ4v) is 1.59. The molecule has 1 aromatic rings. The zero-order valence-corrected chi connectivity index (χ0v) is 8.76. The second-order valence-corrected chi connectivity index (χ2v) is 3.64. The first-order valence-corrected chi connectivity index (χ1v) is 4.90. The molecule has 0 unspecified atom stereocenters. The Balaban J connectivity index is 3.05. The molecule has 0 spiro atoms. The summed E-state index contributed by atoms with van der Waals surface area (Å²) in [7, 11) is 0. The second kappa shape index (κ2) is 4.73. The standard InChI is InChI=1S/C10H14ClFN2/c1-2-8(13)10(14)9-6(11)4-3-5-7(9)12/h3-5,8,10H,2,13-14H2,1H3/t8-,10+/m0/s1. The van der Waals surface area contributed by atoms with Crippen molar-refractivity contribution in [1.82, 2.24) is 0 Å². The smallest absolute Gasteiger partial charge is 0.129 e. The summed E-state index contributed by atoms with van der Waals surface area (Å²) in [4.78, 5) is 0. The zero-order valence-electron chi connectivity index (χ0n) is 8.00. The molecule has 78 valence electrons. The average Bonchev–Trinajstić information content (AvgIpc) is 2.16. The van der Waals surface area contributed by atoms with Gasteiger partial charge in [0.1, 0.15) is 5.82 Å². The monoisotopic (exact) mass is 216 g/mol. The molecular weight excluding hydrogens is 203 g/mol. The highest BCUT2D eigenvalue weighted by Gasteiger charge is 2.19. The molecule has 0 aliphatic carbocycles. The first-order chi connectivity index (χ1) is 6.57. The van der Waals surface area contributed by atoms with Gasteiger partial charge in [0.15, 0.2) is 0 Å². The van der Waals surface area contributed by atoms with E-state index in [1.165, 1.54) is 6.07 Å². The van der Waals surface area contributed by atoms with E-state index in [4.69, 9.17) is 23.1 Å². The van der Waals surface area contributed by atoms with Gasteiger partial charge in [0.25, 0.3) is 0 Å². The van der Waals surface area contributed by atoms with Crippen LogP contribution in [0.4, 0.5) is 4.39 Å². The van der Waals surface area contributed by atoms with Crippen LogP contribution >= 0.6 is 11.6 Å². The zero-order chi connectivity index (χ0) is 10.7. The van der Waals surface area contributed by atoms with Gasteiger partial charge in [-0.3, -0.25) is 0 Å². The summed E-state index contributed by atoms with van der Waals surface area (Å²) in [6, 6.07) is 3.68. The summed E-state index contributed by atoms with van der Waals surface area (Å²) >= 11 is 5.85. The molecule has 0 fully saturated rings. The van der Waals surface area contributed by atoms with Crippen molar-refractivity contribution in [2.24, 2.45) is 11.5 Å². The molecule has 1 aromatic carbocycles. The van der Waals surface area contributed by atoms with Crippen LogP contribution in [0.3, 0.4) is 0 Å². The van der Waals surface area contributed by atoms with Gasteiger partial charge in [-0.1, -0.05) is 24.6 Å². The van der Waals surface area contributed by atoms with Crippen LogP contribution in [0.5, 0.6) is 0 Å². The number of benzene rings is 1. The first-order valence-electron chi connectivity index (χ1n) is 4.53. The molecule has 0 bridgehead atoms. The molecule has 14 heavy (non-hydrogen) atoms. The van der Waals surface area contributed by atoms with E-state index in [-0.39, 0.29) is 6.04 Å². The molecular formula is C10H14ClFN2. The third kappa shape index (κ3) is 2.23. The molecule has 2 nitrogen and oxygen atoms in total. The Kier molecular flexibility index (Phi) is 3.86. The Hall–Kier alpha value is -0.640. The lowest BCUT2D eigenvalue weighted by atomic mass is 9.98. The van der Waals surface area contributed by atoms with Gasteiger partial charge in [-0.25, -0.2) is 4.39 Å². The second-order valence-electron chi connectivity index (χ2n) is 3.23. The van der Waals surface area contributed by atoms with E-state index in [0.29, 0.717) is 17.0 Å². The van der Waals surface area contributed by atoms with Crippen molar-refractivity contribution in [3.05, 3.63) is 34.6 Å². The van der Waals surface area contributed by atoms with Crippen molar-refractivity contribution in [3.8, 4) is 0 Å². The number of halogens is 2. The van der Waals surface area contributed by atoms with Crippen LogP contribution in [-0.2, 0) is 0 Å². The van der Waals surface area contributed by atoms with E-state index in [1.54, 1.807) is 12.1 Å². The van der Waals surface area contributed by atoms with E-state index >= 15 is 0 Å².